The number of aromatic nitrogens is 4. The molecule has 0 bridgehead atoms. The molecule has 0 aliphatic carbocycles. The minimum absolute atomic E-state index is 0.308. The molecule has 0 aliphatic rings. The van der Waals surface area contributed by atoms with E-state index in [1.54, 1.807) is 36.3 Å². The summed E-state index contributed by atoms with van der Waals surface area (Å²) in [6, 6.07) is 13.4. The second kappa shape index (κ2) is 10.9. The minimum atomic E-state index is -0.308. The van der Waals surface area contributed by atoms with Crippen molar-refractivity contribution in [1.29, 1.82) is 0 Å². The van der Waals surface area contributed by atoms with Gasteiger partial charge in [-0.3, -0.25) is 4.79 Å². The lowest BCUT2D eigenvalue weighted by molar-refractivity contribution is -0.111. The molecule has 2 heterocycles. The smallest absolute Gasteiger partial charge is 0.247 e. The van der Waals surface area contributed by atoms with Crippen molar-refractivity contribution in [3.8, 4) is 11.6 Å². The predicted octanol–water partition coefficient (Wildman–Crippen LogP) is 3.69. The number of methoxy groups -OCH3 is 1. The molecule has 0 spiro atoms. The predicted molar refractivity (Wildman–Crippen MR) is 144 cm³/mol. The maximum atomic E-state index is 12.2. The Kier molecular flexibility index (Phi) is 7.45. The number of amides is 1. The Balaban J connectivity index is 1.69. The molecule has 0 radical (unpaired) electrons. The van der Waals surface area contributed by atoms with Gasteiger partial charge in [0.15, 0.2) is 5.82 Å². The van der Waals surface area contributed by atoms with Crippen molar-refractivity contribution in [3.63, 3.8) is 0 Å². The van der Waals surface area contributed by atoms with E-state index in [9.17, 15) is 4.79 Å². The molecule has 2 aromatic heterocycles. The van der Waals surface area contributed by atoms with Crippen molar-refractivity contribution in [2.75, 3.05) is 56.9 Å². The van der Waals surface area contributed by atoms with E-state index in [-0.39, 0.29) is 5.91 Å². The van der Waals surface area contributed by atoms with Gasteiger partial charge in [0.1, 0.15) is 5.75 Å². The second-order valence-corrected chi connectivity index (χ2v) is 8.47. The van der Waals surface area contributed by atoms with Crippen LogP contribution in [0.15, 0.2) is 67.5 Å². The van der Waals surface area contributed by atoms with Crippen LogP contribution < -0.4 is 20.3 Å². The Labute approximate surface area is 210 Å². The van der Waals surface area contributed by atoms with E-state index in [0.717, 1.165) is 29.7 Å². The summed E-state index contributed by atoms with van der Waals surface area (Å²) in [5.41, 5.74) is 2.97. The largest absolute Gasteiger partial charge is 0.494 e. The van der Waals surface area contributed by atoms with Crippen LogP contribution in [0, 0.1) is 0 Å². The maximum absolute atomic E-state index is 12.2. The van der Waals surface area contributed by atoms with Gasteiger partial charge in [-0.2, -0.15) is 10.1 Å². The molecule has 0 atom stereocenters. The number of rotatable bonds is 10. The molecule has 186 valence electrons. The third-order valence-electron chi connectivity index (χ3n) is 5.64. The monoisotopic (exact) mass is 486 g/mol. The average molecular weight is 487 g/mol. The number of hydrogen-bond acceptors (Lipinski definition) is 8. The number of hydrogen-bond donors (Lipinski definition) is 2. The Bertz CT molecular complexity index is 1380. The average Bonchev–Trinajstić information content (AvgIpc) is 3.32. The highest BCUT2D eigenvalue weighted by molar-refractivity contribution is 6.02. The Morgan fingerprint density at radius 3 is 2.69 bits per heavy atom. The van der Waals surface area contributed by atoms with E-state index in [4.69, 9.17) is 4.74 Å². The van der Waals surface area contributed by atoms with E-state index < -0.39 is 0 Å². The first kappa shape index (κ1) is 24.7. The summed E-state index contributed by atoms with van der Waals surface area (Å²) < 4.78 is 7.44. The van der Waals surface area contributed by atoms with Crippen LogP contribution in [-0.4, -0.2) is 71.9 Å². The minimum Gasteiger partial charge on any atom is -0.494 e. The zero-order valence-electron chi connectivity index (χ0n) is 20.9. The van der Waals surface area contributed by atoms with Gasteiger partial charge >= 0.3 is 0 Å². The van der Waals surface area contributed by atoms with E-state index in [1.807, 2.05) is 51.5 Å². The molecule has 2 N–H and O–H groups in total. The third kappa shape index (κ3) is 5.44. The number of nitrogens with one attached hydrogen (secondary N) is 2. The highest BCUT2D eigenvalue weighted by atomic mass is 16.5. The maximum Gasteiger partial charge on any atom is 0.247 e. The van der Waals surface area contributed by atoms with Crippen molar-refractivity contribution < 1.29 is 9.53 Å². The van der Waals surface area contributed by atoms with Crippen LogP contribution in [0.4, 0.5) is 23.0 Å². The van der Waals surface area contributed by atoms with Crippen LogP contribution in [0.1, 0.15) is 0 Å². The molecule has 0 unspecified atom stereocenters. The van der Waals surface area contributed by atoms with E-state index in [1.165, 1.54) is 6.08 Å². The fraction of sp³-hybridized carbons (Fsp3) is 0.231. The first-order valence-electron chi connectivity index (χ1n) is 11.4. The number of carbonyl (C=O) groups excluding carboxylic acids is 1. The summed E-state index contributed by atoms with van der Waals surface area (Å²) in [5.74, 6) is 1.25. The summed E-state index contributed by atoms with van der Waals surface area (Å²) in [7, 11) is 7.60. The van der Waals surface area contributed by atoms with Crippen molar-refractivity contribution in [2.45, 2.75) is 0 Å². The number of ether oxygens (including phenoxy) is 1. The van der Waals surface area contributed by atoms with Crippen molar-refractivity contribution in [3.05, 3.63) is 67.5 Å². The van der Waals surface area contributed by atoms with Crippen LogP contribution in [-0.2, 0) is 4.79 Å². The number of para-hydroxylation sites is 1. The Morgan fingerprint density at radius 2 is 1.94 bits per heavy atom. The van der Waals surface area contributed by atoms with Crippen LogP contribution in [0.25, 0.3) is 16.7 Å². The SMILES string of the molecule is C=CC(=O)Nc1cc(Nc2nccc(-n3ncc4ccccc43)n2)c(OC)cc1N(C)CCN(C)C. The van der Waals surface area contributed by atoms with Crippen molar-refractivity contribution in [2.24, 2.45) is 0 Å². The van der Waals surface area contributed by atoms with Gasteiger partial charge in [-0.05, 0) is 32.3 Å². The van der Waals surface area contributed by atoms with Gasteiger partial charge < -0.3 is 25.2 Å². The molecule has 1 amide bonds. The van der Waals surface area contributed by atoms with E-state index in [0.29, 0.717) is 28.9 Å². The highest BCUT2D eigenvalue weighted by Crippen LogP contribution is 2.38. The van der Waals surface area contributed by atoms with Crippen molar-refractivity contribution >= 4 is 39.8 Å². The number of carbonyl (C=O) groups is 1. The third-order valence-corrected chi connectivity index (χ3v) is 5.64. The molecule has 0 aliphatic heterocycles. The molecule has 0 saturated carbocycles. The molecular formula is C26H30N8O2. The van der Waals surface area contributed by atoms with Crippen LogP contribution in [0.5, 0.6) is 5.75 Å². The summed E-state index contributed by atoms with van der Waals surface area (Å²) >= 11 is 0. The quantitative estimate of drug-likeness (QED) is 0.328. The molecule has 4 rings (SSSR count). The number of benzene rings is 2. The zero-order chi connectivity index (χ0) is 25.7. The van der Waals surface area contributed by atoms with Gasteiger partial charge in [-0.15, -0.1) is 0 Å². The lowest BCUT2D eigenvalue weighted by atomic mass is 10.2. The molecule has 0 saturated heterocycles. The van der Waals surface area contributed by atoms with Gasteiger partial charge in [0.05, 0.1) is 35.9 Å². The summed E-state index contributed by atoms with van der Waals surface area (Å²) in [5, 5.41) is 11.6. The number of likely N-dealkylation sites (N-methyl/N-ethyl adjacent to an activating group) is 2. The van der Waals surface area contributed by atoms with E-state index in [2.05, 4.69) is 42.1 Å². The molecule has 4 aromatic rings. The molecule has 10 heteroatoms. The first-order valence-corrected chi connectivity index (χ1v) is 11.4. The summed E-state index contributed by atoms with van der Waals surface area (Å²) in [6.45, 7) is 5.17. The number of anilines is 4. The van der Waals surface area contributed by atoms with Gasteiger partial charge in [0.25, 0.3) is 0 Å². The topological polar surface area (TPSA) is 100 Å². The lowest BCUT2D eigenvalue weighted by Gasteiger charge is -2.26. The second-order valence-electron chi connectivity index (χ2n) is 8.47. The van der Waals surface area contributed by atoms with Crippen LogP contribution in [0.3, 0.4) is 0 Å². The number of nitrogens with zero attached hydrogens (tertiary/aromatic N) is 6. The van der Waals surface area contributed by atoms with Gasteiger partial charge in [0.2, 0.25) is 11.9 Å². The van der Waals surface area contributed by atoms with Crippen LogP contribution in [0.2, 0.25) is 0 Å². The molecular weight excluding hydrogens is 456 g/mol. The standard InChI is InChI=1S/C26H30N8O2/c1-6-25(35)29-19-15-20(23(36-5)16-22(19)33(4)14-13-32(2)3)30-26-27-12-11-24(31-26)34-21-10-8-7-9-18(21)17-28-34/h6-12,15-17H,1,13-14H2,2-5H3,(H,29,35)(H,27,30,31). The molecule has 10 nitrogen and oxygen atoms in total. The van der Waals surface area contributed by atoms with Gasteiger partial charge in [-0.1, -0.05) is 24.8 Å². The summed E-state index contributed by atoms with van der Waals surface area (Å²) in [4.78, 5) is 25.4. The van der Waals surface area contributed by atoms with Crippen LogP contribution >= 0.6 is 0 Å². The molecule has 36 heavy (non-hydrogen) atoms. The number of fused-ring (bicyclic) bond motifs is 1. The highest BCUT2D eigenvalue weighted by Gasteiger charge is 2.17. The van der Waals surface area contributed by atoms with E-state index >= 15 is 0 Å². The normalized spacial score (nSPS) is 10.9. The Morgan fingerprint density at radius 1 is 1.14 bits per heavy atom. The molecule has 2 aromatic carbocycles. The fourth-order valence-corrected chi connectivity index (χ4v) is 3.71. The lowest BCUT2D eigenvalue weighted by Crippen LogP contribution is -2.29. The first-order chi connectivity index (χ1) is 17.4. The fourth-order valence-electron chi connectivity index (χ4n) is 3.71. The summed E-state index contributed by atoms with van der Waals surface area (Å²) in [6.07, 6.45) is 4.70. The zero-order valence-corrected chi connectivity index (χ0v) is 20.9. The Hall–Kier alpha value is -4.44. The van der Waals surface area contributed by atoms with Gasteiger partial charge in [-0.25, -0.2) is 9.67 Å². The molecule has 0 fully saturated rings. The van der Waals surface area contributed by atoms with Gasteiger partial charge in [0, 0.05) is 43.9 Å². The van der Waals surface area contributed by atoms with Crippen molar-refractivity contribution in [1.82, 2.24) is 24.6 Å².